The lowest BCUT2D eigenvalue weighted by atomic mass is 10.1. The number of hydrogen-bond acceptors (Lipinski definition) is 6. The molecule has 24 heavy (non-hydrogen) atoms. The molecule has 0 aliphatic carbocycles. The van der Waals surface area contributed by atoms with Crippen molar-refractivity contribution in [2.75, 3.05) is 0 Å². The molecular formula is C16H18N6OS. The summed E-state index contributed by atoms with van der Waals surface area (Å²) in [7, 11) is 0. The zero-order chi connectivity index (χ0) is 17.3. The Morgan fingerprint density at radius 2 is 2.08 bits per heavy atom. The molecule has 124 valence electrons. The van der Waals surface area contributed by atoms with Gasteiger partial charge < -0.3 is 4.98 Å². The molecule has 7 nitrogen and oxygen atoms in total. The monoisotopic (exact) mass is 342 g/mol. The van der Waals surface area contributed by atoms with E-state index in [2.05, 4.69) is 25.3 Å². The van der Waals surface area contributed by atoms with E-state index in [4.69, 9.17) is 0 Å². The first-order chi connectivity index (χ1) is 11.3. The number of rotatable bonds is 3. The summed E-state index contributed by atoms with van der Waals surface area (Å²) in [4.78, 5) is 23.5. The Morgan fingerprint density at radius 1 is 1.29 bits per heavy atom. The van der Waals surface area contributed by atoms with Gasteiger partial charge in [-0.05, 0) is 39.8 Å². The molecule has 0 bridgehead atoms. The number of nitrogens with one attached hydrogen (secondary N) is 1. The molecule has 0 fully saturated rings. The topological polar surface area (TPSA) is 89.4 Å². The van der Waals surface area contributed by atoms with Gasteiger partial charge in [0, 0.05) is 17.3 Å². The molecule has 0 aliphatic rings. The van der Waals surface area contributed by atoms with Gasteiger partial charge >= 0.3 is 0 Å². The van der Waals surface area contributed by atoms with Crippen LogP contribution in [0.5, 0.6) is 0 Å². The fourth-order valence-corrected chi connectivity index (χ4v) is 2.77. The molecule has 3 rings (SSSR count). The fourth-order valence-electron chi connectivity index (χ4n) is 1.97. The largest absolute Gasteiger partial charge is 0.306 e. The van der Waals surface area contributed by atoms with Crippen molar-refractivity contribution in [3.8, 4) is 10.6 Å². The number of aromatic amines is 1. The number of aromatic nitrogens is 6. The average molecular weight is 342 g/mol. The maximum Gasteiger partial charge on any atom is 0.261 e. The highest BCUT2D eigenvalue weighted by Gasteiger charge is 2.14. The van der Waals surface area contributed by atoms with Crippen LogP contribution in [-0.2, 0) is 5.54 Å². The Labute approximate surface area is 143 Å². The smallest absolute Gasteiger partial charge is 0.261 e. The van der Waals surface area contributed by atoms with E-state index in [0.29, 0.717) is 22.1 Å². The molecule has 3 aromatic rings. The van der Waals surface area contributed by atoms with Gasteiger partial charge in [0.25, 0.3) is 5.56 Å². The Morgan fingerprint density at radius 3 is 2.67 bits per heavy atom. The third-order valence-electron chi connectivity index (χ3n) is 3.28. The maximum absolute atomic E-state index is 12.2. The molecule has 0 atom stereocenters. The van der Waals surface area contributed by atoms with Crippen LogP contribution in [0.15, 0.2) is 22.6 Å². The van der Waals surface area contributed by atoms with Crippen molar-refractivity contribution in [1.29, 1.82) is 0 Å². The van der Waals surface area contributed by atoms with Gasteiger partial charge in [0.15, 0.2) is 0 Å². The summed E-state index contributed by atoms with van der Waals surface area (Å²) >= 11 is 1.43. The van der Waals surface area contributed by atoms with Crippen molar-refractivity contribution in [3.63, 3.8) is 0 Å². The summed E-state index contributed by atoms with van der Waals surface area (Å²) in [5, 5.41) is 10.8. The molecule has 3 heterocycles. The van der Waals surface area contributed by atoms with Crippen LogP contribution in [0.3, 0.4) is 0 Å². The second-order valence-electron chi connectivity index (χ2n) is 6.40. The molecule has 0 radical (unpaired) electrons. The van der Waals surface area contributed by atoms with Crippen LogP contribution in [0, 0.1) is 6.92 Å². The van der Waals surface area contributed by atoms with Gasteiger partial charge in [-0.25, -0.2) is 14.6 Å². The Kier molecular flexibility index (Phi) is 4.15. The van der Waals surface area contributed by atoms with Gasteiger partial charge in [-0.1, -0.05) is 5.21 Å². The van der Waals surface area contributed by atoms with Crippen molar-refractivity contribution in [2.24, 2.45) is 0 Å². The molecule has 1 N–H and O–H groups in total. The van der Waals surface area contributed by atoms with Crippen LogP contribution in [0.4, 0.5) is 0 Å². The first kappa shape index (κ1) is 16.3. The molecule has 0 spiro atoms. The first-order valence-corrected chi connectivity index (χ1v) is 8.33. The van der Waals surface area contributed by atoms with E-state index in [1.807, 2.05) is 39.3 Å². The number of H-pyrrole nitrogens is 1. The van der Waals surface area contributed by atoms with E-state index < -0.39 is 0 Å². The van der Waals surface area contributed by atoms with E-state index >= 15 is 0 Å². The van der Waals surface area contributed by atoms with Crippen LogP contribution in [0.25, 0.3) is 22.7 Å². The molecule has 0 aliphatic heterocycles. The lowest BCUT2D eigenvalue weighted by Gasteiger charge is -2.17. The summed E-state index contributed by atoms with van der Waals surface area (Å²) in [6.45, 7) is 8.04. The summed E-state index contributed by atoms with van der Waals surface area (Å²) in [5.74, 6) is 0.460. The first-order valence-electron chi connectivity index (χ1n) is 7.46. The van der Waals surface area contributed by atoms with Gasteiger partial charge in [-0.2, -0.15) is 0 Å². The molecule has 3 aromatic heterocycles. The lowest BCUT2D eigenvalue weighted by Crippen LogP contribution is -2.22. The minimum Gasteiger partial charge on any atom is -0.306 e. The summed E-state index contributed by atoms with van der Waals surface area (Å²) in [5.41, 5.74) is 1.73. The van der Waals surface area contributed by atoms with E-state index in [9.17, 15) is 4.79 Å². The standard InChI is InChI=1S/C16H18N6OS/c1-10-9-24-15(18-10)12-7-17-13(19-14(12)23)6-5-11-8-22(21-20-11)16(2,3)4/h5-9H,1-4H3,(H,17,19,23). The Balaban J connectivity index is 1.82. The van der Waals surface area contributed by atoms with Gasteiger partial charge in [-0.15, -0.1) is 16.4 Å². The molecule has 0 saturated heterocycles. The highest BCUT2D eigenvalue weighted by atomic mass is 32.1. The van der Waals surface area contributed by atoms with E-state index in [1.165, 1.54) is 11.3 Å². The number of nitrogens with zero attached hydrogens (tertiary/aromatic N) is 5. The number of hydrogen-bond donors (Lipinski definition) is 1. The summed E-state index contributed by atoms with van der Waals surface area (Å²) in [6, 6.07) is 0. The highest BCUT2D eigenvalue weighted by molar-refractivity contribution is 7.13. The second kappa shape index (κ2) is 6.12. The Bertz CT molecular complexity index is 944. The quantitative estimate of drug-likeness (QED) is 0.790. The van der Waals surface area contributed by atoms with Crippen LogP contribution in [-0.4, -0.2) is 29.9 Å². The predicted molar refractivity (Wildman–Crippen MR) is 94.6 cm³/mol. The molecule has 0 aromatic carbocycles. The number of thiazole rings is 1. The predicted octanol–water partition coefficient (Wildman–Crippen LogP) is 2.72. The van der Waals surface area contributed by atoms with E-state index in [0.717, 1.165) is 5.69 Å². The minimum atomic E-state index is -0.211. The summed E-state index contributed by atoms with van der Waals surface area (Å²) < 4.78 is 1.79. The van der Waals surface area contributed by atoms with Crippen LogP contribution in [0.2, 0.25) is 0 Å². The zero-order valence-electron chi connectivity index (χ0n) is 13.9. The fraction of sp³-hybridized carbons (Fsp3) is 0.312. The molecule has 0 saturated carbocycles. The molecule has 0 unspecified atom stereocenters. The lowest BCUT2D eigenvalue weighted by molar-refractivity contribution is 0.347. The molecule has 0 amide bonds. The average Bonchev–Trinajstić information content (AvgIpc) is 3.14. The van der Waals surface area contributed by atoms with Crippen molar-refractivity contribution >= 4 is 23.5 Å². The van der Waals surface area contributed by atoms with Crippen molar-refractivity contribution in [3.05, 3.63) is 45.3 Å². The third kappa shape index (κ3) is 3.48. The highest BCUT2D eigenvalue weighted by Crippen LogP contribution is 2.19. The van der Waals surface area contributed by atoms with Crippen LogP contribution < -0.4 is 5.56 Å². The summed E-state index contributed by atoms with van der Waals surface area (Å²) in [6.07, 6.45) is 6.86. The minimum absolute atomic E-state index is 0.126. The third-order valence-corrected chi connectivity index (χ3v) is 4.27. The normalized spacial score (nSPS) is 12.2. The van der Waals surface area contributed by atoms with Gasteiger partial charge in [0.05, 0.1) is 17.3 Å². The van der Waals surface area contributed by atoms with Crippen LogP contribution >= 0.6 is 11.3 Å². The van der Waals surface area contributed by atoms with Crippen LogP contribution in [0.1, 0.15) is 38.0 Å². The van der Waals surface area contributed by atoms with Gasteiger partial charge in [-0.3, -0.25) is 4.79 Å². The molecule has 8 heteroatoms. The van der Waals surface area contributed by atoms with Crippen molar-refractivity contribution in [1.82, 2.24) is 29.9 Å². The Hall–Kier alpha value is -2.61. The van der Waals surface area contributed by atoms with Gasteiger partial charge in [0.2, 0.25) is 0 Å². The van der Waals surface area contributed by atoms with E-state index in [1.54, 1.807) is 23.0 Å². The number of aryl methyl sites for hydroxylation is 1. The molecular weight excluding hydrogens is 324 g/mol. The second-order valence-corrected chi connectivity index (χ2v) is 7.26. The van der Waals surface area contributed by atoms with Gasteiger partial charge in [0.1, 0.15) is 16.5 Å². The zero-order valence-corrected chi connectivity index (χ0v) is 14.8. The SMILES string of the molecule is Cc1csc(-c2cnc(C=Cc3cn(C(C)(C)C)nn3)[nH]c2=O)n1. The van der Waals surface area contributed by atoms with Crippen molar-refractivity contribution in [2.45, 2.75) is 33.2 Å². The maximum atomic E-state index is 12.2. The van der Waals surface area contributed by atoms with E-state index in [-0.39, 0.29) is 11.1 Å². The van der Waals surface area contributed by atoms with Crippen molar-refractivity contribution < 1.29 is 0 Å².